The van der Waals surface area contributed by atoms with Crippen LogP contribution in [0.2, 0.25) is 0 Å². The summed E-state index contributed by atoms with van der Waals surface area (Å²) in [6.07, 6.45) is 2.12. The third kappa shape index (κ3) is 4.13. The Morgan fingerprint density at radius 1 is 1.00 bits per heavy atom. The number of benzene rings is 2. The fraction of sp³-hybridized carbons (Fsp3) is 0.263. The predicted molar refractivity (Wildman–Crippen MR) is 92.1 cm³/mol. The lowest BCUT2D eigenvalue weighted by Crippen LogP contribution is -2.32. The van der Waals surface area contributed by atoms with Crippen molar-refractivity contribution in [2.45, 2.75) is 12.8 Å². The highest BCUT2D eigenvalue weighted by Gasteiger charge is 2.18. The van der Waals surface area contributed by atoms with Gasteiger partial charge in [0.2, 0.25) is 0 Å². The largest absolute Gasteiger partial charge is 0.484 e. The molecule has 5 nitrogen and oxygen atoms in total. The van der Waals surface area contributed by atoms with Gasteiger partial charge in [0.05, 0.1) is 0 Å². The lowest BCUT2D eigenvalue weighted by atomic mass is 10.2. The molecule has 1 saturated heterocycles. The van der Waals surface area contributed by atoms with Gasteiger partial charge < -0.3 is 15.0 Å². The Labute approximate surface area is 141 Å². The van der Waals surface area contributed by atoms with E-state index in [9.17, 15) is 9.59 Å². The summed E-state index contributed by atoms with van der Waals surface area (Å²) in [4.78, 5) is 26.0. The van der Waals surface area contributed by atoms with Crippen molar-refractivity contribution in [1.82, 2.24) is 4.90 Å². The molecule has 0 saturated carbocycles. The Bertz CT molecular complexity index is 710. The number of ether oxygens (including phenoxy) is 1. The van der Waals surface area contributed by atoms with E-state index >= 15 is 0 Å². The summed E-state index contributed by atoms with van der Waals surface area (Å²) in [5, 5.41) is 2.83. The van der Waals surface area contributed by atoms with E-state index in [0.29, 0.717) is 17.0 Å². The average Bonchev–Trinajstić information content (AvgIpc) is 3.15. The van der Waals surface area contributed by atoms with Crippen LogP contribution in [0.3, 0.4) is 0 Å². The van der Waals surface area contributed by atoms with Crippen molar-refractivity contribution in [1.29, 1.82) is 0 Å². The van der Waals surface area contributed by atoms with E-state index in [2.05, 4.69) is 5.32 Å². The summed E-state index contributed by atoms with van der Waals surface area (Å²) < 4.78 is 5.57. The molecule has 0 bridgehead atoms. The SMILES string of the molecule is O=C(Nc1cccc(OCC(=O)N2CCCC2)c1)c1ccccc1. The highest BCUT2D eigenvalue weighted by molar-refractivity contribution is 6.04. The molecule has 1 aliphatic heterocycles. The van der Waals surface area contributed by atoms with Gasteiger partial charge in [0.1, 0.15) is 5.75 Å². The summed E-state index contributed by atoms with van der Waals surface area (Å²) in [6.45, 7) is 1.65. The Balaban J connectivity index is 1.57. The lowest BCUT2D eigenvalue weighted by molar-refractivity contribution is -0.132. The molecule has 0 spiro atoms. The summed E-state index contributed by atoms with van der Waals surface area (Å²) in [5.41, 5.74) is 1.23. The van der Waals surface area contributed by atoms with Crippen LogP contribution in [-0.4, -0.2) is 36.4 Å². The van der Waals surface area contributed by atoms with Gasteiger partial charge in [-0.2, -0.15) is 0 Å². The molecule has 124 valence electrons. The molecular weight excluding hydrogens is 304 g/mol. The van der Waals surface area contributed by atoms with Gasteiger partial charge in [0.15, 0.2) is 6.61 Å². The predicted octanol–water partition coefficient (Wildman–Crippen LogP) is 2.94. The molecule has 24 heavy (non-hydrogen) atoms. The topological polar surface area (TPSA) is 58.6 Å². The molecule has 1 heterocycles. The first-order chi connectivity index (χ1) is 11.7. The van der Waals surface area contributed by atoms with Crippen molar-refractivity contribution >= 4 is 17.5 Å². The van der Waals surface area contributed by atoms with Crippen molar-refractivity contribution in [3.63, 3.8) is 0 Å². The zero-order valence-corrected chi connectivity index (χ0v) is 13.4. The normalized spacial score (nSPS) is 13.6. The molecule has 0 atom stereocenters. The average molecular weight is 324 g/mol. The molecule has 2 amide bonds. The fourth-order valence-corrected chi connectivity index (χ4v) is 2.66. The van der Waals surface area contributed by atoms with Crippen molar-refractivity contribution in [2.24, 2.45) is 0 Å². The number of rotatable bonds is 5. The van der Waals surface area contributed by atoms with E-state index in [1.807, 2.05) is 23.1 Å². The lowest BCUT2D eigenvalue weighted by Gasteiger charge is -2.15. The molecule has 2 aromatic rings. The maximum atomic E-state index is 12.2. The highest BCUT2D eigenvalue weighted by Crippen LogP contribution is 2.18. The second kappa shape index (κ2) is 7.64. The van der Waals surface area contributed by atoms with Gasteiger partial charge in [-0.05, 0) is 37.1 Å². The van der Waals surface area contributed by atoms with Crippen molar-refractivity contribution in [3.05, 3.63) is 60.2 Å². The van der Waals surface area contributed by atoms with Gasteiger partial charge in [-0.1, -0.05) is 24.3 Å². The Kier molecular flexibility index (Phi) is 5.11. The van der Waals surface area contributed by atoms with E-state index in [0.717, 1.165) is 25.9 Å². The van der Waals surface area contributed by atoms with E-state index in [-0.39, 0.29) is 18.4 Å². The third-order valence-corrected chi connectivity index (χ3v) is 3.95. The van der Waals surface area contributed by atoms with Crippen LogP contribution < -0.4 is 10.1 Å². The van der Waals surface area contributed by atoms with Crippen molar-refractivity contribution in [3.8, 4) is 5.75 Å². The van der Waals surface area contributed by atoms with Crippen molar-refractivity contribution in [2.75, 3.05) is 25.0 Å². The first-order valence-electron chi connectivity index (χ1n) is 8.09. The van der Waals surface area contributed by atoms with Crippen LogP contribution in [0, 0.1) is 0 Å². The smallest absolute Gasteiger partial charge is 0.260 e. The zero-order valence-electron chi connectivity index (χ0n) is 13.4. The van der Waals surface area contributed by atoms with Crippen LogP contribution >= 0.6 is 0 Å². The molecule has 0 radical (unpaired) electrons. The number of hydrogen-bond acceptors (Lipinski definition) is 3. The van der Waals surface area contributed by atoms with Gasteiger partial charge in [0.25, 0.3) is 11.8 Å². The molecule has 1 aliphatic rings. The monoisotopic (exact) mass is 324 g/mol. The molecule has 0 unspecified atom stereocenters. The molecule has 1 fully saturated rings. The summed E-state index contributed by atoms with van der Waals surface area (Å²) in [7, 11) is 0. The molecular formula is C19H20N2O3. The summed E-state index contributed by atoms with van der Waals surface area (Å²) in [5.74, 6) is 0.389. The van der Waals surface area contributed by atoms with Crippen LogP contribution in [0.25, 0.3) is 0 Å². The minimum absolute atomic E-state index is 0.00576. The number of hydrogen-bond donors (Lipinski definition) is 1. The van der Waals surface area contributed by atoms with Gasteiger partial charge in [-0.25, -0.2) is 0 Å². The van der Waals surface area contributed by atoms with Crippen LogP contribution in [0.1, 0.15) is 23.2 Å². The fourth-order valence-electron chi connectivity index (χ4n) is 2.66. The Morgan fingerprint density at radius 3 is 2.50 bits per heavy atom. The molecule has 3 rings (SSSR count). The second-order valence-corrected chi connectivity index (χ2v) is 5.72. The second-order valence-electron chi connectivity index (χ2n) is 5.72. The first-order valence-corrected chi connectivity index (χ1v) is 8.09. The summed E-state index contributed by atoms with van der Waals surface area (Å²) in [6, 6.07) is 16.1. The van der Waals surface area contributed by atoms with Crippen LogP contribution in [0.5, 0.6) is 5.75 Å². The summed E-state index contributed by atoms with van der Waals surface area (Å²) >= 11 is 0. The number of nitrogens with zero attached hydrogens (tertiary/aromatic N) is 1. The number of carbonyl (C=O) groups excluding carboxylic acids is 2. The standard InChI is InChI=1S/C19H20N2O3/c22-18(21-11-4-5-12-21)14-24-17-10-6-9-16(13-17)20-19(23)15-7-2-1-3-8-15/h1-3,6-10,13H,4-5,11-12,14H2,(H,20,23). The Hall–Kier alpha value is -2.82. The molecule has 5 heteroatoms. The molecule has 1 N–H and O–H groups in total. The first kappa shape index (κ1) is 16.1. The van der Waals surface area contributed by atoms with Crippen LogP contribution in [-0.2, 0) is 4.79 Å². The number of nitrogens with one attached hydrogen (secondary N) is 1. The van der Waals surface area contributed by atoms with E-state index < -0.39 is 0 Å². The van der Waals surface area contributed by atoms with E-state index in [1.165, 1.54) is 0 Å². The number of likely N-dealkylation sites (tertiary alicyclic amines) is 1. The van der Waals surface area contributed by atoms with Gasteiger partial charge in [-0.15, -0.1) is 0 Å². The highest BCUT2D eigenvalue weighted by atomic mass is 16.5. The number of carbonyl (C=O) groups is 2. The van der Waals surface area contributed by atoms with Gasteiger partial charge in [-0.3, -0.25) is 9.59 Å². The number of amides is 2. The van der Waals surface area contributed by atoms with E-state index in [1.54, 1.807) is 36.4 Å². The third-order valence-electron chi connectivity index (χ3n) is 3.95. The quantitative estimate of drug-likeness (QED) is 0.920. The van der Waals surface area contributed by atoms with Crippen molar-refractivity contribution < 1.29 is 14.3 Å². The molecule has 0 aliphatic carbocycles. The maximum absolute atomic E-state index is 12.2. The van der Waals surface area contributed by atoms with Gasteiger partial charge >= 0.3 is 0 Å². The molecule has 0 aromatic heterocycles. The van der Waals surface area contributed by atoms with Crippen LogP contribution in [0.15, 0.2) is 54.6 Å². The van der Waals surface area contributed by atoms with Crippen LogP contribution in [0.4, 0.5) is 5.69 Å². The zero-order chi connectivity index (χ0) is 16.8. The van der Waals surface area contributed by atoms with Gasteiger partial charge in [0, 0.05) is 30.4 Å². The van der Waals surface area contributed by atoms with E-state index in [4.69, 9.17) is 4.74 Å². The molecule has 2 aromatic carbocycles. The minimum atomic E-state index is -0.180. The Morgan fingerprint density at radius 2 is 1.75 bits per heavy atom. The maximum Gasteiger partial charge on any atom is 0.260 e. The minimum Gasteiger partial charge on any atom is -0.484 e. The number of anilines is 1.